The standard InChI is InChI=1S/C16H21N3O3S2/c1-10(2)16-19-11(3)14(23-16)15(20)18-9-8-12-4-6-13(7-5-12)24(17,21)22/h4-7,10H,8-9H2,1-3H3,(H,18,20)(H2,17,21,22). The molecule has 0 aliphatic heterocycles. The van der Waals surface area contributed by atoms with Gasteiger partial charge in [-0.2, -0.15) is 0 Å². The Balaban J connectivity index is 1.93. The molecule has 1 aromatic heterocycles. The van der Waals surface area contributed by atoms with Crippen LogP contribution in [0, 0.1) is 6.92 Å². The van der Waals surface area contributed by atoms with Gasteiger partial charge in [-0.1, -0.05) is 26.0 Å². The minimum atomic E-state index is -3.67. The molecule has 2 aromatic rings. The molecule has 1 heterocycles. The first-order chi connectivity index (χ1) is 11.2. The molecule has 0 unspecified atom stereocenters. The average molecular weight is 367 g/mol. The highest BCUT2D eigenvalue weighted by molar-refractivity contribution is 7.89. The number of carbonyl (C=O) groups is 1. The number of primary sulfonamides is 1. The Hall–Kier alpha value is -1.77. The third-order valence-corrected chi connectivity index (χ3v) is 5.85. The largest absolute Gasteiger partial charge is 0.351 e. The fraction of sp³-hybridized carbons (Fsp3) is 0.375. The summed E-state index contributed by atoms with van der Waals surface area (Å²) in [5.74, 6) is 0.172. The molecule has 0 saturated heterocycles. The molecular formula is C16H21N3O3S2. The van der Waals surface area contributed by atoms with Crippen molar-refractivity contribution in [1.29, 1.82) is 0 Å². The molecule has 8 heteroatoms. The second-order valence-electron chi connectivity index (χ2n) is 5.82. The summed E-state index contributed by atoms with van der Waals surface area (Å²) in [4.78, 5) is 17.4. The molecule has 130 valence electrons. The van der Waals surface area contributed by atoms with Crippen molar-refractivity contribution in [2.75, 3.05) is 6.54 Å². The molecule has 0 bridgehead atoms. The van der Waals surface area contributed by atoms with Gasteiger partial charge in [-0.3, -0.25) is 4.79 Å². The van der Waals surface area contributed by atoms with Crippen LogP contribution in [0.2, 0.25) is 0 Å². The van der Waals surface area contributed by atoms with Crippen LogP contribution < -0.4 is 10.5 Å². The second kappa shape index (κ2) is 7.42. The van der Waals surface area contributed by atoms with Gasteiger partial charge in [0, 0.05) is 12.5 Å². The molecule has 6 nitrogen and oxygen atoms in total. The number of nitrogens with two attached hydrogens (primary N) is 1. The van der Waals surface area contributed by atoms with Crippen LogP contribution >= 0.6 is 11.3 Å². The predicted octanol–water partition coefficient (Wildman–Crippen LogP) is 2.19. The van der Waals surface area contributed by atoms with Gasteiger partial charge in [-0.05, 0) is 31.0 Å². The lowest BCUT2D eigenvalue weighted by Crippen LogP contribution is -2.25. The second-order valence-corrected chi connectivity index (χ2v) is 8.41. The smallest absolute Gasteiger partial charge is 0.263 e. The zero-order chi connectivity index (χ0) is 17.9. The van der Waals surface area contributed by atoms with Crippen LogP contribution in [0.1, 0.15) is 45.7 Å². The summed E-state index contributed by atoms with van der Waals surface area (Å²) < 4.78 is 22.4. The Kier molecular flexibility index (Phi) is 5.74. The minimum absolute atomic E-state index is 0.0804. The summed E-state index contributed by atoms with van der Waals surface area (Å²) in [6.07, 6.45) is 0.603. The van der Waals surface area contributed by atoms with Crippen LogP contribution in [0.4, 0.5) is 0 Å². The molecule has 0 aliphatic rings. The van der Waals surface area contributed by atoms with E-state index >= 15 is 0 Å². The normalized spacial score (nSPS) is 11.7. The molecule has 0 radical (unpaired) electrons. The molecule has 2 rings (SSSR count). The van der Waals surface area contributed by atoms with Crippen LogP contribution in [0.5, 0.6) is 0 Å². The van der Waals surface area contributed by atoms with Gasteiger partial charge in [-0.15, -0.1) is 11.3 Å². The summed E-state index contributed by atoms with van der Waals surface area (Å²) in [6, 6.07) is 6.32. The lowest BCUT2D eigenvalue weighted by atomic mass is 10.1. The van der Waals surface area contributed by atoms with Crippen molar-refractivity contribution in [2.45, 2.75) is 38.0 Å². The number of hydrogen-bond donors (Lipinski definition) is 2. The van der Waals surface area contributed by atoms with Crippen molar-refractivity contribution in [2.24, 2.45) is 5.14 Å². The maximum absolute atomic E-state index is 12.2. The Bertz CT molecular complexity index is 825. The van der Waals surface area contributed by atoms with Crippen molar-refractivity contribution in [3.8, 4) is 0 Å². The van der Waals surface area contributed by atoms with Crippen molar-refractivity contribution in [1.82, 2.24) is 10.3 Å². The van der Waals surface area contributed by atoms with Crippen molar-refractivity contribution in [3.05, 3.63) is 45.4 Å². The number of rotatable bonds is 6. The monoisotopic (exact) mass is 367 g/mol. The zero-order valence-electron chi connectivity index (χ0n) is 13.9. The van der Waals surface area contributed by atoms with Gasteiger partial charge >= 0.3 is 0 Å². The topological polar surface area (TPSA) is 102 Å². The van der Waals surface area contributed by atoms with E-state index in [4.69, 9.17) is 5.14 Å². The molecule has 0 spiro atoms. The summed E-state index contributed by atoms with van der Waals surface area (Å²) in [5.41, 5.74) is 1.67. The number of hydrogen-bond acceptors (Lipinski definition) is 5. The Morgan fingerprint density at radius 3 is 2.42 bits per heavy atom. The van der Waals surface area contributed by atoms with Gasteiger partial charge in [0.05, 0.1) is 15.6 Å². The number of aromatic nitrogens is 1. The predicted molar refractivity (Wildman–Crippen MR) is 94.8 cm³/mol. The summed E-state index contributed by atoms with van der Waals surface area (Å²) in [7, 11) is -3.67. The number of nitrogens with zero attached hydrogens (tertiary/aromatic N) is 1. The third-order valence-electron chi connectivity index (χ3n) is 3.46. The zero-order valence-corrected chi connectivity index (χ0v) is 15.5. The van der Waals surface area contributed by atoms with E-state index in [9.17, 15) is 13.2 Å². The van der Waals surface area contributed by atoms with Crippen LogP contribution in [-0.4, -0.2) is 25.9 Å². The van der Waals surface area contributed by atoms with E-state index in [1.807, 2.05) is 20.8 Å². The lowest BCUT2D eigenvalue weighted by molar-refractivity contribution is 0.0957. The van der Waals surface area contributed by atoms with Gasteiger partial charge in [-0.25, -0.2) is 18.5 Å². The molecule has 3 N–H and O–H groups in total. The van der Waals surface area contributed by atoms with Gasteiger partial charge in [0.2, 0.25) is 10.0 Å². The number of amides is 1. The van der Waals surface area contributed by atoms with Crippen LogP contribution in [0.15, 0.2) is 29.2 Å². The van der Waals surface area contributed by atoms with Crippen molar-refractivity contribution >= 4 is 27.3 Å². The van der Waals surface area contributed by atoms with Crippen LogP contribution in [0.3, 0.4) is 0 Å². The highest BCUT2D eigenvalue weighted by atomic mass is 32.2. The van der Waals surface area contributed by atoms with E-state index in [1.54, 1.807) is 12.1 Å². The van der Waals surface area contributed by atoms with Crippen LogP contribution in [0.25, 0.3) is 0 Å². The Morgan fingerprint density at radius 1 is 1.29 bits per heavy atom. The molecule has 1 amide bonds. The van der Waals surface area contributed by atoms with Crippen molar-refractivity contribution < 1.29 is 13.2 Å². The Morgan fingerprint density at radius 2 is 1.92 bits per heavy atom. The molecule has 0 aliphatic carbocycles. The number of thiazole rings is 1. The van der Waals surface area contributed by atoms with E-state index in [1.165, 1.54) is 23.5 Å². The SMILES string of the molecule is Cc1nc(C(C)C)sc1C(=O)NCCc1ccc(S(N)(=O)=O)cc1. The fourth-order valence-corrected chi connectivity index (χ4v) is 3.62. The quantitative estimate of drug-likeness (QED) is 0.817. The first-order valence-electron chi connectivity index (χ1n) is 7.55. The van der Waals surface area contributed by atoms with Gasteiger partial charge in [0.25, 0.3) is 5.91 Å². The maximum Gasteiger partial charge on any atom is 0.263 e. The molecule has 0 atom stereocenters. The number of nitrogens with one attached hydrogen (secondary N) is 1. The fourth-order valence-electron chi connectivity index (χ4n) is 2.12. The third kappa shape index (κ3) is 4.62. The van der Waals surface area contributed by atoms with Crippen LogP contribution in [-0.2, 0) is 16.4 Å². The van der Waals surface area contributed by atoms with Crippen molar-refractivity contribution in [3.63, 3.8) is 0 Å². The minimum Gasteiger partial charge on any atom is -0.351 e. The van der Waals surface area contributed by atoms with Gasteiger partial charge < -0.3 is 5.32 Å². The number of carbonyl (C=O) groups excluding carboxylic acids is 1. The van der Waals surface area contributed by atoms with E-state index < -0.39 is 10.0 Å². The highest BCUT2D eigenvalue weighted by Gasteiger charge is 2.16. The van der Waals surface area contributed by atoms with E-state index in [0.29, 0.717) is 23.8 Å². The summed E-state index contributed by atoms with van der Waals surface area (Å²) in [6.45, 7) is 6.39. The molecule has 0 saturated carbocycles. The van der Waals surface area contributed by atoms with E-state index in [-0.39, 0.29) is 10.8 Å². The number of benzene rings is 1. The molecule has 0 fully saturated rings. The summed E-state index contributed by atoms with van der Waals surface area (Å²) >= 11 is 1.42. The summed E-state index contributed by atoms with van der Waals surface area (Å²) in [5, 5.41) is 8.89. The molecule has 24 heavy (non-hydrogen) atoms. The highest BCUT2D eigenvalue weighted by Crippen LogP contribution is 2.24. The van der Waals surface area contributed by atoms with E-state index in [2.05, 4.69) is 10.3 Å². The first-order valence-corrected chi connectivity index (χ1v) is 9.92. The first kappa shape index (κ1) is 18.6. The Labute approximate surface area is 146 Å². The maximum atomic E-state index is 12.2. The van der Waals surface area contributed by atoms with Gasteiger partial charge in [0.1, 0.15) is 4.88 Å². The average Bonchev–Trinajstić information content (AvgIpc) is 2.89. The van der Waals surface area contributed by atoms with E-state index in [0.717, 1.165) is 16.3 Å². The van der Waals surface area contributed by atoms with Gasteiger partial charge in [0.15, 0.2) is 0 Å². The number of aryl methyl sites for hydroxylation is 1. The molecular weight excluding hydrogens is 346 g/mol. The molecule has 1 aromatic carbocycles. The lowest BCUT2D eigenvalue weighted by Gasteiger charge is -2.05. The number of sulfonamides is 1.